The van der Waals surface area contributed by atoms with Crippen molar-refractivity contribution in [3.8, 4) is 23.1 Å². The maximum absolute atomic E-state index is 8.88. The van der Waals surface area contributed by atoms with Gasteiger partial charge in [0.2, 0.25) is 5.82 Å². The third-order valence-electron chi connectivity index (χ3n) is 4.43. The van der Waals surface area contributed by atoms with E-state index in [1.54, 1.807) is 23.0 Å². The average Bonchev–Trinajstić information content (AvgIpc) is 3.35. The quantitative estimate of drug-likeness (QED) is 0.531. The van der Waals surface area contributed by atoms with E-state index in [0.29, 0.717) is 28.5 Å². The Bertz CT molecular complexity index is 1130. The maximum atomic E-state index is 8.88. The number of hydrogen-bond acceptors (Lipinski definition) is 6. The molecular weight excluding hydrogens is 370 g/mol. The first-order valence-corrected chi connectivity index (χ1v) is 9.26. The van der Waals surface area contributed by atoms with Crippen molar-refractivity contribution in [2.45, 2.75) is 24.9 Å². The standard InChI is InChI=1S/C20H17N7S/c1-2-14-7-9-17(10-8-14)27-20(28)18(12-22-27)19-23-25-26(24-19)13-16-5-3-15(11-21)4-6-16/h3-10,12,28H,2,13H2,1H3. The Morgan fingerprint density at radius 1 is 1.04 bits per heavy atom. The molecule has 0 atom stereocenters. The number of tetrazole rings is 1. The minimum atomic E-state index is 0.466. The van der Waals surface area contributed by atoms with Crippen LogP contribution in [-0.4, -0.2) is 30.0 Å². The first-order chi connectivity index (χ1) is 13.7. The van der Waals surface area contributed by atoms with Crippen molar-refractivity contribution in [3.05, 3.63) is 71.4 Å². The molecule has 0 saturated heterocycles. The molecule has 0 unspecified atom stereocenters. The van der Waals surface area contributed by atoms with E-state index in [4.69, 9.17) is 5.26 Å². The van der Waals surface area contributed by atoms with Gasteiger partial charge in [-0.05, 0) is 47.0 Å². The van der Waals surface area contributed by atoms with E-state index >= 15 is 0 Å². The van der Waals surface area contributed by atoms with Crippen LogP contribution in [0.25, 0.3) is 17.1 Å². The molecule has 0 bridgehead atoms. The summed E-state index contributed by atoms with van der Waals surface area (Å²) >= 11 is 4.62. The molecule has 0 N–H and O–H groups in total. The molecule has 0 aliphatic rings. The van der Waals surface area contributed by atoms with Crippen molar-refractivity contribution in [1.29, 1.82) is 5.26 Å². The second-order valence-electron chi connectivity index (χ2n) is 6.27. The van der Waals surface area contributed by atoms with Crippen LogP contribution in [0.4, 0.5) is 0 Å². The predicted octanol–water partition coefficient (Wildman–Crippen LogP) is 3.30. The first kappa shape index (κ1) is 17.9. The Morgan fingerprint density at radius 2 is 1.75 bits per heavy atom. The van der Waals surface area contributed by atoms with Gasteiger partial charge in [-0.25, -0.2) is 4.68 Å². The number of nitrogens with zero attached hydrogens (tertiary/aromatic N) is 7. The fraction of sp³-hybridized carbons (Fsp3) is 0.150. The SMILES string of the molecule is CCc1ccc(-n2ncc(-c3nnn(Cc4ccc(C#N)cc4)n3)c2S)cc1. The summed E-state index contributed by atoms with van der Waals surface area (Å²) in [6.45, 7) is 2.59. The Hall–Kier alpha value is -3.44. The highest BCUT2D eigenvalue weighted by Gasteiger charge is 2.15. The molecule has 0 radical (unpaired) electrons. The van der Waals surface area contributed by atoms with E-state index in [0.717, 1.165) is 17.7 Å². The van der Waals surface area contributed by atoms with Crippen molar-refractivity contribution < 1.29 is 0 Å². The molecule has 7 nitrogen and oxygen atoms in total. The van der Waals surface area contributed by atoms with Crippen LogP contribution in [0.2, 0.25) is 0 Å². The summed E-state index contributed by atoms with van der Waals surface area (Å²) in [6, 6.07) is 17.6. The highest BCUT2D eigenvalue weighted by molar-refractivity contribution is 7.80. The molecule has 2 aromatic heterocycles. The van der Waals surface area contributed by atoms with E-state index < -0.39 is 0 Å². The smallest absolute Gasteiger partial charge is 0.209 e. The molecule has 2 heterocycles. The highest BCUT2D eigenvalue weighted by atomic mass is 32.1. The van der Waals surface area contributed by atoms with Crippen molar-refractivity contribution in [1.82, 2.24) is 30.0 Å². The van der Waals surface area contributed by atoms with E-state index in [1.807, 2.05) is 24.3 Å². The Morgan fingerprint density at radius 3 is 2.43 bits per heavy atom. The van der Waals surface area contributed by atoms with Gasteiger partial charge in [0, 0.05) is 0 Å². The number of aryl methyl sites for hydroxylation is 1. The summed E-state index contributed by atoms with van der Waals surface area (Å²) in [5.41, 5.74) is 4.52. The number of thiol groups is 1. The molecule has 138 valence electrons. The summed E-state index contributed by atoms with van der Waals surface area (Å²) in [5.74, 6) is 0.468. The van der Waals surface area contributed by atoms with Gasteiger partial charge in [0.05, 0.1) is 35.6 Å². The zero-order chi connectivity index (χ0) is 19.5. The zero-order valence-corrected chi connectivity index (χ0v) is 16.1. The van der Waals surface area contributed by atoms with E-state index in [2.05, 4.69) is 58.3 Å². The largest absolute Gasteiger partial charge is 0.227 e. The van der Waals surface area contributed by atoms with E-state index in [-0.39, 0.29) is 0 Å². The number of rotatable bonds is 5. The van der Waals surface area contributed by atoms with E-state index in [9.17, 15) is 0 Å². The molecule has 28 heavy (non-hydrogen) atoms. The van der Waals surface area contributed by atoms with Gasteiger partial charge in [-0.15, -0.1) is 22.8 Å². The van der Waals surface area contributed by atoms with Crippen LogP contribution in [0.1, 0.15) is 23.6 Å². The van der Waals surface area contributed by atoms with Gasteiger partial charge in [-0.3, -0.25) is 0 Å². The van der Waals surface area contributed by atoms with Gasteiger partial charge in [0.15, 0.2) is 0 Å². The van der Waals surface area contributed by atoms with Gasteiger partial charge in [-0.2, -0.15) is 15.2 Å². The average molecular weight is 387 g/mol. The van der Waals surface area contributed by atoms with Crippen LogP contribution in [-0.2, 0) is 13.0 Å². The molecule has 4 aromatic rings. The minimum Gasteiger partial charge on any atom is -0.227 e. The Balaban J connectivity index is 1.56. The molecule has 0 aliphatic carbocycles. The normalized spacial score (nSPS) is 10.8. The third kappa shape index (κ3) is 3.52. The molecular formula is C20H17N7S. The zero-order valence-electron chi connectivity index (χ0n) is 15.2. The van der Waals surface area contributed by atoms with Crippen LogP contribution < -0.4 is 0 Å². The Kier molecular flexibility index (Phi) is 4.91. The van der Waals surface area contributed by atoms with Gasteiger partial charge >= 0.3 is 0 Å². The lowest BCUT2D eigenvalue weighted by atomic mass is 10.1. The molecule has 0 aliphatic heterocycles. The van der Waals surface area contributed by atoms with Crippen molar-refractivity contribution in [2.75, 3.05) is 0 Å². The van der Waals surface area contributed by atoms with Gasteiger partial charge in [-0.1, -0.05) is 31.2 Å². The van der Waals surface area contributed by atoms with E-state index in [1.165, 1.54) is 10.4 Å². The first-order valence-electron chi connectivity index (χ1n) is 8.81. The third-order valence-corrected chi connectivity index (χ3v) is 4.86. The van der Waals surface area contributed by atoms with Crippen molar-refractivity contribution >= 4 is 12.6 Å². The van der Waals surface area contributed by atoms with Crippen molar-refractivity contribution in [3.63, 3.8) is 0 Å². The molecule has 2 aromatic carbocycles. The van der Waals surface area contributed by atoms with Crippen LogP contribution in [0.5, 0.6) is 0 Å². The molecule has 0 spiro atoms. The number of nitriles is 1. The van der Waals surface area contributed by atoms with Crippen LogP contribution in [0, 0.1) is 11.3 Å². The summed E-state index contributed by atoms with van der Waals surface area (Å²) in [6.07, 6.45) is 2.68. The fourth-order valence-corrected chi connectivity index (χ4v) is 3.15. The van der Waals surface area contributed by atoms with Crippen molar-refractivity contribution in [2.24, 2.45) is 0 Å². The minimum absolute atomic E-state index is 0.466. The fourth-order valence-electron chi connectivity index (χ4n) is 2.83. The summed E-state index contributed by atoms with van der Waals surface area (Å²) in [7, 11) is 0. The topological polar surface area (TPSA) is 85.2 Å². The van der Waals surface area contributed by atoms with Crippen LogP contribution in [0.15, 0.2) is 59.8 Å². The number of hydrogen-bond donors (Lipinski definition) is 1. The predicted molar refractivity (Wildman–Crippen MR) is 107 cm³/mol. The lowest BCUT2D eigenvalue weighted by Crippen LogP contribution is -2.04. The number of aromatic nitrogens is 6. The van der Waals surface area contributed by atoms with Gasteiger partial charge in [0.1, 0.15) is 5.03 Å². The number of benzene rings is 2. The second-order valence-corrected chi connectivity index (χ2v) is 6.69. The molecule has 0 amide bonds. The lowest BCUT2D eigenvalue weighted by Gasteiger charge is -2.05. The van der Waals surface area contributed by atoms with Crippen LogP contribution in [0.3, 0.4) is 0 Å². The highest BCUT2D eigenvalue weighted by Crippen LogP contribution is 2.25. The molecule has 8 heteroatoms. The van der Waals surface area contributed by atoms with Crippen LogP contribution >= 0.6 is 12.6 Å². The summed E-state index contributed by atoms with van der Waals surface area (Å²) in [5, 5.41) is 26.7. The summed E-state index contributed by atoms with van der Waals surface area (Å²) in [4.78, 5) is 1.51. The Labute approximate surface area is 167 Å². The van der Waals surface area contributed by atoms with Gasteiger partial charge in [0.25, 0.3) is 0 Å². The monoisotopic (exact) mass is 387 g/mol. The molecule has 0 saturated carbocycles. The maximum Gasteiger partial charge on any atom is 0.209 e. The second kappa shape index (κ2) is 7.66. The lowest BCUT2D eigenvalue weighted by molar-refractivity contribution is 0.573. The molecule has 4 rings (SSSR count). The summed E-state index contributed by atoms with van der Waals surface area (Å²) < 4.78 is 1.75. The molecule has 0 fully saturated rings. The van der Waals surface area contributed by atoms with Gasteiger partial charge < -0.3 is 0 Å².